The van der Waals surface area contributed by atoms with Crippen LogP contribution in [0, 0.1) is 0 Å². The lowest BCUT2D eigenvalue weighted by Crippen LogP contribution is -2.64. The van der Waals surface area contributed by atoms with E-state index in [0.717, 1.165) is 7.11 Å². The summed E-state index contributed by atoms with van der Waals surface area (Å²) < 4.78 is 16.2. The first kappa shape index (κ1) is 25.7. The van der Waals surface area contributed by atoms with Gasteiger partial charge in [0.1, 0.15) is 24.4 Å². The fourth-order valence-corrected chi connectivity index (χ4v) is 2.33. The van der Waals surface area contributed by atoms with Crippen LogP contribution < -0.4 is 10.6 Å². The molecule has 0 spiro atoms. The van der Waals surface area contributed by atoms with Gasteiger partial charge in [-0.25, -0.2) is 0 Å². The molecule has 2 amide bonds. The van der Waals surface area contributed by atoms with Crippen LogP contribution in [0.5, 0.6) is 0 Å². The summed E-state index contributed by atoms with van der Waals surface area (Å²) in [6.45, 7) is 3.53. The number of amides is 2. The number of aliphatic hydroxyl groups excluding tert-OH is 4. The SMILES string of the molecule is CCC(=O)NCCOCCOC1OC(CO)C(O)C(O)C1NC(C)=O.CO. The van der Waals surface area contributed by atoms with Crippen LogP contribution in [0.1, 0.15) is 20.3 Å². The normalized spacial score (nSPS) is 27.3. The van der Waals surface area contributed by atoms with Crippen LogP contribution in [0.25, 0.3) is 0 Å². The predicted molar refractivity (Wildman–Crippen MR) is 93.6 cm³/mol. The maximum atomic E-state index is 11.3. The molecule has 6 N–H and O–H groups in total. The smallest absolute Gasteiger partial charge is 0.219 e. The molecule has 0 aromatic carbocycles. The van der Waals surface area contributed by atoms with Crippen molar-refractivity contribution in [1.29, 1.82) is 0 Å². The predicted octanol–water partition coefficient (Wildman–Crippen LogP) is -2.90. The Hall–Kier alpha value is -1.34. The Balaban J connectivity index is 0.00000326. The molecule has 11 nitrogen and oxygen atoms in total. The Morgan fingerprint density at radius 3 is 2.33 bits per heavy atom. The van der Waals surface area contributed by atoms with E-state index >= 15 is 0 Å². The van der Waals surface area contributed by atoms with Crippen molar-refractivity contribution in [3.05, 3.63) is 0 Å². The van der Waals surface area contributed by atoms with Crippen LogP contribution in [0.2, 0.25) is 0 Å². The maximum absolute atomic E-state index is 11.3. The third-order valence-corrected chi connectivity index (χ3v) is 3.65. The molecule has 1 fully saturated rings. The van der Waals surface area contributed by atoms with Gasteiger partial charge in [-0.3, -0.25) is 9.59 Å². The molecule has 1 saturated heterocycles. The summed E-state index contributed by atoms with van der Waals surface area (Å²) in [7, 11) is 1.00. The minimum absolute atomic E-state index is 0.0591. The van der Waals surface area contributed by atoms with Crippen molar-refractivity contribution >= 4 is 11.8 Å². The van der Waals surface area contributed by atoms with Gasteiger partial charge in [-0.2, -0.15) is 0 Å². The molecular formula is C16H32N2O9. The number of carbonyl (C=O) groups excluding carboxylic acids is 2. The van der Waals surface area contributed by atoms with Gasteiger partial charge >= 0.3 is 0 Å². The largest absolute Gasteiger partial charge is 0.400 e. The van der Waals surface area contributed by atoms with Gasteiger partial charge in [-0.15, -0.1) is 0 Å². The molecule has 1 aliphatic heterocycles. The summed E-state index contributed by atoms with van der Waals surface area (Å²) in [6, 6.07) is -0.973. The fraction of sp³-hybridized carbons (Fsp3) is 0.875. The molecule has 0 saturated carbocycles. The number of hydrogen-bond acceptors (Lipinski definition) is 9. The number of aliphatic hydroxyl groups is 4. The topological polar surface area (TPSA) is 167 Å². The van der Waals surface area contributed by atoms with E-state index < -0.39 is 43.2 Å². The number of nitrogens with one attached hydrogen (secondary N) is 2. The summed E-state index contributed by atoms with van der Waals surface area (Å²) in [5, 5.41) is 41.3. The lowest BCUT2D eigenvalue weighted by Gasteiger charge is -2.42. The number of rotatable bonds is 10. The van der Waals surface area contributed by atoms with Gasteiger partial charge in [0.25, 0.3) is 0 Å². The van der Waals surface area contributed by atoms with E-state index in [-0.39, 0.29) is 19.1 Å². The standard InChI is InChI=1S/C15H28N2O8.CH4O/c1-3-11(20)16-4-5-23-6-7-24-15-12(17-9(2)19)14(22)13(21)10(8-18)25-15;1-2/h10,12-15,18,21-22H,3-8H2,1-2H3,(H,16,20)(H,17,19);2H,1H3. The van der Waals surface area contributed by atoms with Crippen molar-refractivity contribution in [3.63, 3.8) is 0 Å². The van der Waals surface area contributed by atoms with Gasteiger partial charge < -0.3 is 45.3 Å². The third-order valence-electron chi connectivity index (χ3n) is 3.65. The van der Waals surface area contributed by atoms with E-state index in [4.69, 9.17) is 19.3 Å². The van der Waals surface area contributed by atoms with Gasteiger partial charge in [-0.05, 0) is 0 Å². The summed E-state index contributed by atoms with van der Waals surface area (Å²) in [6.07, 6.45) is -4.34. The summed E-state index contributed by atoms with van der Waals surface area (Å²) in [4.78, 5) is 22.3. The highest BCUT2D eigenvalue weighted by molar-refractivity contribution is 5.75. The molecule has 11 heteroatoms. The van der Waals surface area contributed by atoms with Crippen molar-refractivity contribution in [3.8, 4) is 0 Å². The molecule has 1 rings (SSSR count). The van der Waals surface area contributed by atoms with Crippen LogP contribution >= 0.6 is 0 Å². The van der Waals surface area contributed by atoms with E-state index in [2.05, 4.69) is 10.6 Å². The van der Waals surface area contributed by atoms with Gasteiger partial charge in [0.15, 0.2) is 6.29 Å². The molecule has 27 heavy (non-hydrogen) atoms. The number of ether oxygens (including phenoxy) is 3. The van der Waals surface area contributed by atoms with Crippen molar-refractivity contribution in [2.45, 2.75) is 50.9 Å². The monoisotopic (exact) mass is 396 g/mol. The van der Waals surface area contributed by atoms with Crippen molar-refractivity contribution in [1.82, 2.24) is 10.6 Å². The molecule has 5 unspecified atom stereocenters. The first-order chi connectivity index (χ1) is 12.9. The number of carbonyl (C=O) groups is 2. The minimum Gasteiger partial charge on any atom is -0.400 e. The molecule has 0 radical (unpaired) electrons. The van der Waals surface area contributed by atoms with E-state index in [1.54, 1.807) is 6.92 Å². The lowest BCUT2D eigenvalue weighted by molar-refractivity contribution is -0.272. The molecule has 0 bridgehead atoms. The summed E-state index contributed by atoms with van der Waals surface area (Å²) >= 11 is 0. The summed E-state index contributed by atoms with van der Waals surface area (Å²) in [5.74, 6) is -0.477. The van der Waals surface area contributed by atoms with Gasteiger partial charge in [-0.1, -0.05) is 6.92 Å². The zero-order chi connectivity index (χ0) is 20.8. The van der Waals surface area contributed by atoms with Crippen LogP contribution in [0.15, 0.2) is 0 Å². The molecule has 0 aromatic heterocycles. The quantitative estimate of drug-likeness (QED) is 0.212. The molecule has 160 valence electrons. The van der Waals surface area contributed by atoms with Crippen molar-refractivity contribution in [2.24, 2.45) is 0 Å². The second kappa shape index (κ2) is 14.7. The Bertz CT molecular complexity index is 425. The minimum atomic E-state index is -1.35. The number of hydrogen-bond donors (Lipinski definition) is 6. The second-order valence-corrected chi connectivity index (χ2v) is 5.62. The average Bonchev–Trinajstić information content (AvgIpc) is 2.67. The highest BCUT2D eigenvalue weighted by atomic mass is 16.7. The molecule has 5 atom stereocenters. The van der Waals surface area contributed by atoms with Crippen molar-refractivity contribution < 1.29 is 44.2 Å². The molecule has 0 aliphatic carbocycles. The highest BCUT2D eigenvalue weighted by Gasteiger charge is 2.45. The van der Waals surface area contributed by atoms with Crippen LogP contribution in [-0.2, 0) is 23.8 Å². The lowest BCUT2D eigenvalue weighted by atomic mass is 9.97. The Morgan fingerprint density at radius 1 is 1.11 bits per heavy atom. The van der Waals surface area contributed by atoms with Crippen LogP contribution in [-0.4, -0.2) is 103 Å². The first-order valence-corrected chi connectivity index (χ1v) is 8.71. The molecular weight excluding hydrogens is 364 g/mol. The average molecular weight is 396 g/mol. The zero-order valence-electron chi connectivity index (χ0n) is 16.0. The van der Waals surface area contributed by atoms with Gasteiger partial charge in [0.05, 0.1) is 26.4 Å². The Labute approximate surface area is 158 Å². The fourth-order valence-electron chi connectivity index (χ4n) is 2.33. The Morgan fingerprint density at radius 2 is 1.78 bits per heavy atom. The summed E-state index contributed by atoms with van der Waals surface area (Å²) in [5.41, 5.74) is 0. The van der Waals surface area contributed by atoms with Crippen molar-refractivity contribution in [2.75, 3.05) is 40.1 Å². The van der Waals surface area contributed by atoms with Crippen LogP contribution in [0.3, 0.4) is 0 Å². The first-order valence-electron chi connectivity index (χ1n) is 8.71. The zero-order valence-corrected chi connectivity index (χ0v) is 16.0. The van der Waals surface area contributed by atoms with E-state index in [1.165, 1.54) is 6.92 Å². The van der Waals surface area contributed by atoms with Gasteiger partial charge in [0, 0.05) is 27.0 Å². The molecule has 1 aliphatic rings. The van der Waals surface area contributed by atoms with E-state index in [1.807, 2.05) is 0 Å². The highest BCUT2D eigenvalue weighted by Crippen LogP contribution is 2.22. The maximum Gasteiger partial charge on any atom is 0.219 e. The van der Waals surface area contributed by atoms with E-state index in [0.29, 0.717) is 19.6 Å². The molecule has 0 aromatic rings. The Kier molecular flexibility index (Phi) is 14.0. The molecule has 1 heterocycles. The van der Waals surface area contributed by atoms with E-state index in [9.17, 15) is 24.9 Å². The van der Waals surface area contributed by atoms with Crippen LogP contribution in [0.4, 0.5) is 0 Å². The second-order valence-electron chi connectivity index (χ2n) is 5.62. The third kappa shape index (κ3) is 9.42. The van der Waals surface area contributed by atoms with Gasteiger partial charge in [0.2, 0.25) is 11.8 Å².